The van der Waals surface area contributed by atoms with Gasteiger partial charge in [-0.3, -0.25) is 9.59 Å². The van der Waals surface area contributed by atoms with E-state index in [1.165, 1.54) is 13.0 Å². The van der Waals surface area contributed by atoms with Crippen molar-refractivity contribution in [1.82, 2.24) is 0 Å². The molecule has 0 radical (unpaired) electrons. The Kier molecular flexibility index (Phi) is 7.22. The third-order valence-corrected chi connectivity index (χ3v) is 10.6. The van der Waals surface area contributed by atoms with Crippen molar-refractivity contribution in [2.75, 3.05) is 13.7 Å². The van der Waals surface area contributed by atoms with Crippen LogP contribution in [0.1, 0.15) is 54.4 Å². The Morgan fingerprint density at radius 3 is 2.38 bits per heavy atom. The van der Waals surface area contributed by atoms with Crippen molar-refractivity contribution in [2.24, 2.45) is 34.5 Å². The van der Waals surface area contributed by atoms with E-state index in [-0.39, 0.29) is 31.1 Å². The van der Waals surface area contributed by atoms with Gasteiger partial charge in [-0.25, -0.2) is 14.4 Å². The van der Waals surface area contributed by atoms with E-state index >= 15 is 0 Å². The lowest BCUT2D eigenvalue weighted by atomic mass is 9.38. The van der Waals surface area contributed by atoms with E-state index in [2.05, 4.69) is 0 Å². The van der Waals surface area contributed by atoms with Gasteiger partial charge in [-0.15, -0.1) is 0 Å². The predicted octanol–water partition coefficient (Wildman–Crippen LogP) is 1.16. The Morgan fingerprint density at radius 1 is 1.12 bits per heavy atom. The zero-order valence-electron chi connectivity index (χ0n) is 24.8. The number of carbonyl (C=O) groups excluding carboxylic acids is 5. The Morgan fingerprint density at radius 2 is 1.79 bits per heavy atom. The summed E-state index contributed by atoms with van der Waals surface area (Å²) in [6.45, 7) is 9.90. The molecule has 0 amide bonds. The SMILES string of the molecule is COC(=O)[C@@]12OC[C@]34[C@H]([C@@H](O)[C@@H]1O)[C@@]1(C)CC(=O)C(OC(C)=O)=C(C)[C@@H]1C[C@H]3OC(=O)[C@H](OC(=O)/C=C(\C)C(C)C)[C@@H]24. The van der Waals surface area contributed by atoms with E-state index in [9.17, 15) is 34.2 Å². The lowest BCUT2D eigenvalue weighted by molar-refractivity contribution is -0.290. The molecule has 5 rings (SSSR count). The normalized spacial score (nSPS) is 42.4. The molecule has 0 aromatic rings. The molecule has 0 aromatic heterocycles. The summed E-state index contributed by atoms with van der Waals surface area (Å²) in [5.41, 5.74) is -3.49. The van der Waals surface area contributed by atoms with Crippen molar-refractivity contribution in [2.45, 2.75) is 84.4 Å². The Balaban J connectivity index is 1.69. The fourth-order valence-corrected chi connectivity index (χ4v) is 8.64. The summed E-state index contributed by atoms with van der Waals surface area (Å²) < 4.78 is 28.1. The standard InChI is InChI=1S/C30H38O12/c1-12(2)13(3)8-19(33)42-22-24-29-11-39-30(24,27(37)38-7)25(35)20(34)23(29)28(6)10-17(32)21(40-15(5)31)14(4)16(28)9-18(29)41-26(22)36/h8,12,16,18,20,22-25,34-35H,9-11H2,1-7H3/b13-8+/t16-,18+,20+,22+,23+,24+,25-,28-,29+,30-/m0/s1. The molecule has 2 saturated carbocycles. The number of rotatable bonds is 5. The highest BCUT2D eigenvalue weighted by atomic mass is 16.6. The molecule has 2 bridgehead atoms. The molecule has 0 unspecified atom stereocenters. The second kappa shape index (κ2) is 9.99. The van der Waals surface area contributed by atoms with Gasteiger partial charge in [0.2, 0.25) is 11.7 Å². The first-order valence-corrected chi connectivity index (χ1v) is 14.2. The molecule has 2 aliphatic heterocycles. The van der Waals surface area contributed by atoms with Crippen LogP contribution in [0.3, 0.4) is 0 Å². The van der Waals surface area contributed by atoms with Crippen LogP contribution in [0.25, 0.3) is 0 Å². The average molecular weight is 591 g/mol. The van der Waals surface area contributed by atoms with E-state index in [0.29, 0.717) is 11.1 Å². The fourth-order valence-electron chi connectivity index (χ4n) is 8.64. The minimum absolute atomic E-state index is 0.0167. The zero-order valence-corrected chi connectivity index (χ0v) is 24.8. The van der Waals surface area contributed by atoms with Gasteiger partial charge in [0, 0.05) is 30.8 Å². The first-order chi connectivity index (χ1) is 19.6. The fraction of sp³-hybridized carbons (Fsp3) is 0.700. The molecule has 0 aromatic carbocycles. The maximum absolute atomic E-state index is 13.6. The van der Waals surface area contributed by atoms with Gasteiger partial charge in [0.05, 0.1) is 25.7 Å². The summed E-state index contributed by atoms with van der Waals surface area (Å²) in [7, 11) is 1.09. The van der Waals surface area contributed by atoms with Crippen molar-refractivity contribution < 1.29 is 57.9 Å². The molecular formula is C30H38O12. The summed E-state index contributed by atoms with van der Waals surface area (Å²) in [4.78, 5) is 65.3. The number of methoxy groups -OCH3 is 1. The maximum Gasteiger partial charge on any atom is 0.348 e. The topological polar surface area (TPSA) is 172 Å². The monoisotopic (exact) mass is 590 g/mol. The van der Waals surface area contributed by atoms with Gasteiger partial charge in [-0.1, -0.05) is 26.3 Å². The Hall–Kier alpha value is -3.09. The number of ether oxygens (including phenoxy) is 5. The minimum Gasteiger partial charge on any atom is -0.467 e. The number of carbonyl (C=O) groups is 5. The van der Waals surface area contributed by atoms with Crippen LogP contribution in [0.5, 0.6) is 0 Å². The van der Waals surface area contributed by atoms with Gasteiger partial charge in [0.15, 0.2) is 11.5 Å². The van der Waals surface area contributed by atoms with Crippen molar-refractivity contribution in [3.8, 4) is 0 Å². The van der Waals surface area contributed by atoms with Gasteiger partial charge in [-0.05, 0) is 43.1 Å². The van der Waals surface area contributed by atoms with Crippen LogP contribution in [0.4, 0.5) is 0 Å². The lowest BCUT2D eigenvalue weighted by Gasteiger charge is -2.67. The number of Topliss-reactive ketones (excluding diaryl/α,β-unsaturated/α-hetero) is 1. The number of hydrogen-bond acceptors (Lipinski definition) is 12. The second-order valence-electron chi connectivity index (χ2n) is 12.9. The maximum atomic E-state index is 13.6. The first kappa shape index (κ1) is 30.4. The van der Waals surface area contributed by atoms with Gasteiger partial charge >= 0.3 is 23.9 Å². The molecule has 2 N–H and O–H groups in total. The highest BCUT2D eigenvalue weighted by Crippen LogP contribution is 2.72. The average Bonchev–Trinajstić information content (AvgIpc) is 3.21. The number of hydrogen-bond donors (Lipinski definition) is 2. The van der Waals surface area contributed by atoms with E-state index in [4.69, 9.17) is 23.7 Å². The largest absolute Gasteiger partial charge is 0.467 e. The lowest BCUT2D eigenvalue weighted by Crippen LogP contribution is -2.79. The second-order valence-corrected chi connectivity index (χ2v) is 12.9. The smallest absolute Gasteiger partial charge is 0.348 e. The van der Waals surface area contributed by atoms with Gasteiger partial charge in [0.1, 0.15) is 12.2 Å². The number of aliphatic hydroxyl groups is 2. The molecule has 1 spiro atoms. The Labute approximate surface area is 243 Å². The molecule has 5 aliphatic rings. The van der Waals surface area contributed by atoms with E-state index in [1.54, 1.807) is 20.8 Å². The molecule has 3 aliphatic carbocycles. The van der Waals surface area contributed by atoms with Gasteiger partial charge in [0.25, 0.3) is 0 Å². The van der Waals surface area contributed by atoms with Crippen LogP contribution in [0, 0.1) is 34.5 Å². The summed E-state index contributed by atoms with van der Waals surface area (Å²) in [6.07, 6.45) is -4.92. The quantitative estimate of drug-likeness (QED) is 0.266. The van der Waals surface area contributed by atoms with Crippen molar-refractivity contribution in [1.29, 1.82) is 0 Å². The summed E-state index contributed by atoms with van der Waals surface area (Å²) in [5.74, 6) is -6.76. The summed E-state index contributed by atoms with van der Waals surface area (Å²) in [6, 6.07) is 0. The third kappa shape index (κ3) is 3.87. The van der Waals surface area contributed by atoms with E-state index in [1.807, 2.05) is 13.8 Å². The number of aliphatic hydroxyl groups excluding tert-OH is 2. The zero-order chi connectivity index (χ0) is 31.1. The molecule has 230 valence electrons. The van der Waals surface area contributed by atoms with Crippen molar-refractivity contribution >= 4 is 29.7 Å². The number of allylic oxidation sites excluding steroid dienone is 3. The molecule has 2 saturated heterocycles. The minimum atomic E-state index is -2.25. The van der Waals surface area contributed by atoms with Crippen LogP contribution in [0.15, 0.2) is 23.0 Å². The van der Waals surface area contributed by atoms with Crippen molar-refractivity contribution in [3.05, 3.63) is 23.0 Å². The predicted molar refractivity (Wildman–Crippen MR) is 141 cm³/mol. The number of esters is 4. The molecular weight excluding hydrogens is 552 g/mol. The van der Waals surface area contributed by atoms with Gasteiger partial charge in [-0.2, -0.15) is 0 Å². The summed E-state index contributed by atoms with van der Waals surface area (Å²) in [5, 5.41) is 23.5. The van der Waals surface area contributed by atoms with Crippen LogP contribution in [-0.4, -0.2) is 83.6 Å². The molecule has 42 heavy (non-hydrogen) atoms. The van der Waals surface area contributed by atoms with E-state index < -0.39 is 88.3 Å². The highest BCUT2D eigenvalue weighted by Gasteiger charge is 2.85. The van der Waals surface area contributed by atoms with Crippen LogP contribution >= 0.6 is 0 Å². The highest BCUT2D eigenvalue weighted by molar-refractivity contribution is 5.98. The number of ketones is 1. The Bertz CT molecular complexity index is 1310. The van der Waals surface area contributed by atoms with Gasteiger partial charge < -0.3 is 33.9 Å². The molecule has 4 fully saturated rings. The van der Waals surface area contributed by atoms with Crippen LogP contribution < -0.4 is 0 Å². The molecule has 12 heteroatoms. The van der Waals surface area contributed by atoms with Crippen LogP contribution in [0.2, 0.25) is 0 Å². The summed E-state index contributed by atoms with van der Waals surface area (Å²) >= 11 is 0. The molecule has 2 heterocycles. The molecule has 12 nitrogen and oxygen atoms in total. The van der Waals surface area contributed by atoms with Crippen molar-refractivity contribution in [3.63, 3.8) is 0 Å². The molecule has 10 atom stereocenters. The number of fused-ring (bicyclic) bond motifs is 2. The third-order valence-electron chi connectivity index (χ3n) is 10.6. The first-order valence-electron chi connectivity index (χ1n) is 14.2. The van der Waals surface area contributed by atoms with E-state index in [0.717, 1.165) is 7.11 Å². The van der Waals surface area contributed by atoms with Crippen LogP contribution in [-0.2, 0) is 47.7 Å².